The molecular weight excluding hydrogens is 267 g/mol. The first-order chi connectivity index (χ1) is 8.91. The molecule has 0 saturated heterocycles. The molecule has 2 rings (SSSR count). The summed E-state index contributed by atoms with van der Waals surface area (Å²) in [4.78, 5) is 11.5. The number of hydrogen-bond acceptors (Lipinski definition) is 2. The molecule has 0 amide bonds. The summed E-state index contributed by atoms with van der Waals surface area (Å²) in [6, 6.07) is 4.85. The largest absolute Gasteiger partial charge is 0.294 e. The van der Waals surface area contributed by atoms with Crippen molar-refractivity contribution in [3.63, 3.8) is 0 Å². The van der Waals surface area contributed by atoms with Crippen LogP contribution in [0.2, 0.25) is 5.02 Å². The van der Waals surface area contributed by atoms with E-state index >= 15 is 0 Å². The van der Waals surface area contributed by atoms with Crippen LogP contribution >= 0.6 is 11.6 Å². The molecule has 0 saturated carbocycles. The van der Waals surface area contributed by atoms with E-state index in [1.54, 1.807) is 30.7 Å². The molecule has 2 aromatic rings. The van der Waals surface area contributed by atoms with Gasteiger partial charge in [0.05, 0.1) is 22.8 Å². The van der Waals surface area contributed by atoms with Crippen molar-refractivity contribution >= 4 is 17.4 Å². The predicted octanol–water partition coefficient (Wildman–Crippen LogP) is 3.54. The van der Waals surface area contributed by atoms with Gasteiger partial charge in [0.1, 0.15) is 5.82 Å². The second-order valence-corrected chi connectivity index (χ2v) is 4.88. The maximum Gasteiger partial charge on any atom is 0.163 e. The van der Waals surface area contributed by atoms with Gasteiger partial charge in [0.2, 0.25) is 0 Å². The number of aryl methyl sites for hydroxylation is 1. The molecule has 0 fully saturated rings. The quantitative estimate of drug-likeness (QED) is 0.806. The minimum Gasteiger partial charge on any atom is -0.294 e. The molecule has 3 nitrogen and oxygen atoms in total. The molecule has 0 aliphatic carbocycles. The van der Waals surface area contributed by atoms with E-state index in [1.165, 1.54) is 13.0 Å². The number of rotatable bonds is 3. The number of hydrogen-bond donors (Lipinski definition) is 0. The third kappa shape index (κ3) is 2.54. The van der Waals surface area contributed by atoms with Gasteiger partial charge in [0.25, 0.3) is 0 Å². The smallest absolute Gasteiger partial charge is 0.163 e. The number of benzene rings is 1. The number of ketones is 1. The summed E-state index contributed by atoms with van der Waals surface area (Å²) in [7, 11) is 0. The Kier molecular flexibility index (Phi) is 3.71. The van der Waals surface area contributed by atoms with Crippen molar-refractivity contribution < 1.29 is 9.18 Å². The Balaban J connectivity index is 2.42. The summed E-state index contributed by atoms with van der Waals surface area (Å²) in [5.74, 6) is -0.478. The molecule has 0 radical (unpaired) electrons. The van der Waals surface area contributed by atoms with Gasteiger partial charge < -0.3 is 0 Å². The van der Waals surface area contributed by atoms with Gasteiger partial charge in [-0.1, -0.05) is 23.7 Å². The lowest BCUT2D eigenvalue weighted by atomic mass is 10.1. The van der Waals surface area contributed by atoms with Gasteiger partial charge in [-0.25, -0.2) is 4.39 Å². The predicted molar refractivity (Wildman–Crippen MR) is 72.2 cm³/mol. The molecule has 0 bridgehead atoms. The van der Waals surface area contributed by atoms with Crippen LogP contribution in [0.25, 0.3) is 0 Å². The van der Waals surface area contributed by atoms with Crippen molar-refractivity contribution in [2.45, 2.75) is 27.3 Å². The number of carbonyl (C=O) groups is 1. The zero-order valence-corrected chi connectivity index (χ0v) is 11.8. The van der Waals surface area contributed by atoms with Crippen LogP contribution in [-0.4, -0.2) is 15.6 Å². The fraction of sp³-hybridized carbons (Fsp3) is 0.286. The van der Waals surface area contributed by atoms with E-state index in [0.29, 0.717) is 16.8 Å². The SMILES string of the molecule is CC(=O)c1c(C)nn(Cc2cccc(Cl)c2F)c1C. The van der Waals surface area contributed by atoms with Crippen molar-refractivity contribution in [3.05, 3.63) is 51.6 Å². The maximum absolute atomic E-state index is 13.8. The van der Waals surface area contributed by atoms with E-state index in [1.807, 2.05) is 0 Å². The molecule has 100 valence electrons. The fourth-order valence-corrected chi connectivity index (χ4v) is 2.39. The molecule has 0 aliphatic rings. The van der Waals surface area contributed by atoms with E-state index in [9.17, 15) is 9.18 Å². The number of aromatic nitrogens is 2. The van der Waals surface area contributed by atoms with E-state index in [2.05, 4.69) is 5.10 Å². The zero-order valence-electron chi connectivity index (χ0n) is 11.0. The van der Waals surface area contributed by atoms with Gasteiger partial charge in [0, 0.05) is 11.3 Å². The van der Waals surface area contributed by atoms with Crippen molar-refractivity contribution in [3.8, 4) is 0 Å². The Morgan fingerprint density at radius 2 is 2.11 bits per heavy atom. The highest BCUT2D eigenvalue weighted by Gasteiger charge is 2.16. The van der Waals surface area contributed by atoms with Gasteiger partial charge >= 0.3 is 0 Å². The van der Waals surface area contributed by atoms with Gasteiger partial charge in [-0.2, -0.15) is 5.10 Å². The summed E-state index contributed by atoms with van der Waals surface area (Å²) in [6.45, 7) is 5.33. The zero-order chi connectivity index (χ0) is 14.2. The molecule has 0 aliphatic heterocycles. The summed E-state index contributed by atoms with van der Waals surface area (Å²) in [5.41, 5.74) is 2.45. The van der Waals surface area contributed by atoms with Crippen LogP contribution in [0.15, 0.2) is 18.2 Å². The Morgan fingerprint density at radius 1 is 1.42 bits per heavy atom. The van der Waals surface area contributed by atoms with E-state index in [0.717, 1.165) is 5.69 Å². The normalized spacial score (nSPS) is 10.8. The van der Waals surface area contributed by atoms with Gasteiger partial charge in [0.15, 0.2) is 5.78 Å². The highest BCUT2D eigenvalue weighted by atomic mass is 35.5. The summed E-state index contributed by atoms with van der Waals surface area (Å²) < 4.78 is 15.5. The van der Waals surface area contributed by atoms with Crippen LogP contribution in [0.3, 0.4) is 0 Å². The average Bonchev–Trinajstić information content (AvgIpc) is 2.60. The molecular formula is C14H14ClFN2O. The van der Waals surface area contributed by atoms with Crippen LogP contribution < -0.4 is 0 Å². The Bertz CT molecular complexity index is 649. The Labute approximate surface area is 116 Å². The fourth-order valence-electron chi connectivity index (χ4n) is 2.19. The van der Waals surface area contributed by atoms with Crippen LogP contribution in [-0.2, 0) is 6.54 Å². The van der Waals surface area contributed by atoms with Crippen molar-refractivity contribution in [1.29, 1.82) is 0 Å². The summed E-state index contributed by atoms with van der Waals surface area (Å²) in [5, 5.41) is 4.37. The van der Waals surface area contributed by atoms with E-state index in [-0.39, 0.29) is 17.4 Å². The minimum atomic E-state index is -0.443. The van der Waals surface area contributed by atoms with Crippen molar-refractivity contribution in [1.82, 2.24) is 9.78 Å². The topological polar surface area (TPSA) is 34.9 Å². The van der Waals surface area contributed by atoms with Crippen LogP contribution in [0.5, 0.6) is 0 Å². The van der Waals surface area contributed by atoms with Gasteiger partial charge in [-0.05, 0) is 26.8 Å². The van der Waals surface area contributed by atoms with Gasteiger partial charge in [-0.15, -0.1) is 0 Å². The number of nitrogens with zero attached hydrogens (tertiary/aromatic N) is 2. The standard InChI is InChI=1S/C14H14ClFN2O/c1-8-13(10(3)19)9(2)18(17-8)7-11-5-4-6-12(15)14(11)16/h4-6H,7H2,1-3H3. The van der Waals surface area contributed by atoms with Crippen molar-refractivity contribution in [2.24, 2.45) is 0 Å². The number of carbonyl (C=O) groups excluding carboxylic acids is 1. The molecule has 1 aromatic carbocycles. The Morgan fingerprint density at radius 3 is 2.68 bits per heavy atom. The number of halogens is 2. The van der Waals surface area contributed by atoms with Crippen LogP contribution in [0, 0.1) is 19.7 Å². The third-order valence-electron chi connectivity index (χ3n) is 3.09. The first-order valence-electron chi connectivity index (χ1n) is 5.89. The maximum atomic E-state index is 13.8. The molecule has 19 heavy (non-hydrogen) atoms. The van der Waals surface area contributed by atoms with E-state index < -0.39 is 5.82 Å². The molecule has 1 aromatic heterocycles. The second-order valence-electron chi connectivity index (χ2n) is 4.47. The lowest BCUT2D eigenvalue weighted by Crippen LogP contribution is -2.07. The minimum absolute atomic E-state index is 0.0344. The lowest BCUT2D eigenvalue weighted by molar-refractivity contribution is 0.101. The average molecular weight is 281 g/mol. The highest BCUT2D eigenvalue weighted by molar-refractivity contribution is 6.30. The van der Waals surface area contributed by atoms with Crippen molar-refractivity contribution in [2.75, 3.05) is 0 Å². The molecule has 0 unspecified atom stereocenters. The van der Waals surface area contributed by atoms with E-state index in [4.69, 9.17) is 11.6 Å². The first-order valence-corrected chi connectivity index (χ1v) is 6.27. The molecule has 0 spiro atoms. The number of Topliss-reactive ketones (excluding diaryl/α,β-unsaturated/α-hetero) is 1. The Hall–Kier alpha value is -1.68. The monoisotopic (exact) mass is 280 g/mol. The second kappa shape index (κ2) is 5.13. The van der Waals surface area contributed by atoms with Crippen LogP contribution in [0.1, 0.15) is 34.2 Å². The first kappa shape index (κ1) is 13.7. The molecule has 5 heteroatoms. The lowest BCUT2D eigenvalue weighted by Gasteiger charge is -2.07. The third-order valence-corrected chi connectivity index (χ3v) is 3.38. The summed E-state index contributed by atoms with van der Waals surface area (Å²) in [6.07, 6.45) is 0. The van der Waals surface area contributed by atoms with Crippen LogP contribution in [0.4, 0.5) is 4.39 Å². The highest BCUT2D eigenvalue weighted by Crippen LogP contribution is 2.20. The summed E-state index contributed by atoms with van der Waals surface area (Å²) >= 11 is 5.75. The molecule has 0 atom stereocenters. The molecule has 0 N–H and O–H groups in total. The molecule has 1 heterocycles. The van der Waals surface area contributed by atoms with Gasteiger partial charge in [-0.3, -0.25) is 9.48 Å².